The van der Waals surface area contributed by atoms with E-state index in [9.17, 15) is 0 Å². The quantitative estimate of drug-likeness (QED) is 0.612. The number of methoxy groups -OCH3 is 1. The molecule has 1 heterocycles. The molecule has 0 aliphatic heterocycles. The van der Waals surface area contributed by atoms with Crippen molar-refractivity contribution in [1.82, 2.24) is 9.78 Å². The summed E-state index contributed by atoms with van der Waals surface area (Å²) in [5, 5.41) is 5.69. The van der Waals surface area contributed by atoms with Gasteiger partial charge < -0.3 is 9.47 Å². The number of fused-ring (bicyclic) bond motifs is 1. The van der Waals surface area contributed by atoms with Gasteiger partial charge in [0.1, 0.15) is 11.5 Å². The Balaban J connectivity index is 1.60. The molecule has 0 aliphatic rings. The summed E-state index contributed by atoms with van der Waals surface area (Å²) in [6.07, 6.45) is 5.00. The number of benzene rings is 2. The highest BCUT2D eigenvalue weighted by molar-refractivity contribution is 5.81. The van der Waals surface area contributed by atoms with Crippen LogP contribution in [0.15, 0.2) is 42.6 Å². The standard InChI is InChI=1S/C20H24N2O2/c1-4-15-11-17(23-3)13-18(12-15)24-10-6-8-16-7-5-9-20-19(16)14-22(2)21-20/h5,7,9,11-14H,4,6,8,10H2,1-3H3. The molecule has 0 spiro atoms. The second kappa shape index (κ2) is 7.39. The molecule has 4 nitrogen and oxygen atoms in total. The highest BCUT2D eigenvalue weighted by Crippen LogP contribution is 2.24. The summed E-state index contributed by atoms with van der Waals surface area (Å²) < 4.78 is 13.1. The average molecular weight is 324 g/mol. The topological polar surface area (TPSA) is 36.3 Å². The van der Waals surface area contributed by atoms with E-state index in [0.29, 0.717) is 6.61 Å². The van der Waals surface area contributed by atoms with E-state index in [1.807, 2.05) is 17.8 Å². The number of rotatable bonds is 7. The monoisotopic (exact) mass is 324 g/mol. The highest BCUT2D eigenvalue weighted by Gasteiger charge is 2.05. The van der Waals surface area contributed by atoms with E-state index in [0.717, 1.165) is 36.3 Å². The van der Waals surface area contributed by atoms with Crippen LogP contribution in [0.1, 0.15) is 24.5 Å². The van der Waals surface area contributed by atoms with Crippen LogP contribution in [0.25, 0.3) is 10.9 Å². The van der Waals surface area contributed by atoms with Crippen molar-refractivity contribution in [2.75, 3.05) is 13.7 Å². The van der Waals surface area contributed by atoms with Gasteiger partial charge in [0, 0.05) is 24.7 Å². The van der Waals surface area contributed by atoms with Crippen LogP contribution in [0.3, 0.4) is 0 Å². The van der Waals surface area contributed by atoms with Crippen LogP contribution in [0.2, 0.25) is 0 Å². The molecule has 24 heavy (non-hydrogen) atoms. The largest absolute Gasteiger partial charge is 0.497 e. The van der Waals surface area contributed by atoms with Gasteiger partial charge in [-0.25, -0.2) is 0 Å². The molecule has 0 N–H and O–H groups in total. The molecular formula is C20H24N2O2. The molecule has 0 saturated carbocycles. The van der Waals surface area contributed by atoms with Gasteiger partial charge >= 0.3 is 0 Å². The van der Waals surface area contributed by atoms with Crippen molar-refractivity contribution in [1.29, 1.82) is 0 Å². The van der Waals surface area contributed by atoms with Crippen LogP contribution >= 0.6 is 0 Å². The lowest BCUT2D eigenvalue weighted by molar-refractivity contribution is 0.308. The van der Waals surface area contributed by atoms with Crippen LogP contribution in [-0.4, -0.2) is 23.5 Å². The van der Waals surface area contributed by atoms with Crippen molar-refractivity contribution in [3.63, 3.8) is 0 Å². The molecule has 2 aromatic carbocycles. The molecule has 0 aliphatic carbocycles. The lowest BCUT2D eigenvalue weighted by Gasteiger charge is -2.10. The summed E-state index contributed by atoms with van der Waals surface area (Å²) in [6.45, 7) is 2.82. The third-order valence-electron chi connectivity index (χ3n) is 4.20. The van der Waals surface area contributed by atoms with Crippen LogP contribution < -0.4 is 9.47 Å². The molecule has 126 valence electrons. The fourth-order valence-corrected chi connectivity index (χ4v) is 2.93. The summed E-state index contributed by atoms with van der Waals surface area (Å²) in [4.78, 5) is 0. The number of aryl methyl sites for hydroxylation is 3. The zero-order valence-electron chi connectivity index (χ0n) is 14.6. The summed E-state index contributed by atoms with van der Waals surface area (Å²) in [7, 11) is 3.65. The zero-order valence-corrected chi connectivity index (χ0v) is 14.6. The van der Waals surface area contributed by atoms with Gasteiger partial charge in [0.15, 0.2) is 0 Å². The predicted molar refractivity (Wildman–Crippen MR) is 96.9 cm³/mol. The Morgan fingerprint density at radius 2 is 1.96 bits per heavy atom. The van der Waals surface area contributed by atoms with Crippen molar-refractivity contribution in [2.45, 2.75) is 26.2 Å². The minimum absolute atomic E-state index is 0.687. The molecular weight excluding hydrogens is 300 g/mol. The Labute approximate surface area is 143 Å². The Bertz CT molecular complexity index is 801. The van der Waals surface area contributed by atoms with Gasteiger partial charge in [-0.2, -0.15) is 5.10 Å². The minimum atomic E-state index is 0.687. The Morgan fingerprint density at radius 3 is 2.75 bits per heavy atom. The molecule has 3 rings (SSSR count). The molecule has 3 aromatic rings. The number of ether oxygens (including phenoxy) is 2. The summed E-state index contributed by atoms with van der Waals surface area (Å²) in [5.41, 5.74) is 3.60. The normalized spacial score (nSPS) is 11.0. The second-order valence-electron chi connectivity index (χ2n) is 5.98. The van der Waals surface area contributed by atoms with E-state index in [1.54, 1.807) is 7.11 Å². The number of hydrogen-bond donors (Lipinski definition) is 0. The summed E-state index contributed by atoms with van der Waals surface area (Å²) in [5.74, 6) is 1.73. The van der Waals surface area contributed by atoms with Crippen molar-refractivity contribution in [3.8, 4) is 11.5 Å². The first-order valence-electron chi connectivity index (χ1n) is 8.41. The molecule has 0 radical (unpaired) electrons. The van der Waals surface area contributed by atoms with E-state index in [-0.39, 0.29) is 0 Å². The van der Waals surface area contributed by atoms with Crippen LogP contribution in [0.4, 0.5) is 0 Å². The van der Waals surface area contributed by atoms with Gasteiger partial charge in [0.05, 0.1) is 19.2 Å². The first kappa shape index (κ1) is 16.4. The second-order valence-corrected chi connectivity index (χ2v) is 5.98. The smallest absolute Gasteiger partial charge is 0.123 e. The molecule has 0 unspecified atom stereocenters. The summed E-state index contributed by atoms with van der Waals surface area (Å²) in [6, 6.07) is 12.4. The number of nitrogens with zero attached hydrogens (tertiary/aromatic N) is 2. The van der Waals surface area contributed by atoms with Gasteiger partial charge in [-0.1, -0.05) is 19.1 Å². The molecule has 0 saturated heterocycles. The van der Waals surface area contributed by atoms with Gasteiger partial charge in [-0.3, -0.25) is 4.68 Å². The number of hydrogen-bond acceptors (Lipinski definition) is 3. The third-order valence-corrected chi connectivity index (χ3v) is 4.20. The van der Waals surface area contributed by atoms with Crippen molar-refractivity contribution >= 4 is 10.9 Å². The van der Waals surface area contributed by atoms with E-state index in [1.165, 1.54) is 16.5 Å². The van der Waals surface area contributed by atoms with E-state index >= 15 is 0 Å². The average Bonchev–Trinajstić information content (AvgIpc) is 2.99. The predicted octanol–water partition coefficient (Wildman–Crippen LogP) is 4.16. The zero-order chi connectivity index (χ0) is 16.9. The minimum Gasteiger partial charge on any atom is -0.497 e. The SMILES string of the molecule is CCc1cc(OC)cc(OCCCc2cccc3nn(C)cc23)c1. The van der Waals surface area contributed by atoms with Gasteiger partial charge in [0.25, 0.3) is 0 Å². The Kier molecular flexibility index (Phi) is 5.04. The van der Waals surface area contributed by atoms with E-state index in [2.05, 4.69) is 48.6 Å². The molecule has 0 bridgehead atoms. The molecule has 1 aromatic heterocycles. The molecule has 0 amide bonds. The van der Waals surface area contributed by atoms with Crippen molar-refractivity contribution < 1.29 is 9.47 Å². The van der Waals surface area contributed by atoms with E-state index < -0.39 is 0 Å². The maximum Gasteiger partial charge on any atom is 0.123 e. The van der Waals surface area contributed by atoms with Crippen LogP contribution in [0.5, 0.6) is 11.5 Å². The van der Waals surface area contributed by atoms with Crippen LogP contribution in [-0.2, 0) is 19.9 Å². The fraction of sp³-hybridized carbons (Fsp3) is 0.350. The first-order valence-corrected chi connectivity index (χ1v) is 8.41. The van der Waals surface area contributed by atoms with Crippen molar-refractivity contribution in [3.05, 3.63) is 53.7 Å². The van der Waals surface area contributed by atoms with Gasteiger partial charge in [0.2, 0.25) is 0 Å². The molecule has 0 atom stereocenters. The van der Waals surface area contributed by atoms with Crippen molar-refractivity contribution in [2.24, 2.45) is 7.05 Å². The fourth-order valence-electron chi connectivity index (χ4n) is 2.93. The maximum atomic E-state index is 5.93. The number of aromatic nitrogens is 2. The Hall–Kier alpha value is -2.49. The molecule has 4 heteroatoms. The third kappa shape index (κ3) is 3.70. The highest BCUT2D eigenvalue weighted by atomic mass is 16.5. The lowest BCUT2D eigenvalue weighted by Crippen LogP contribution is -2.00. The lowest BCUT2D eigenvalue weighted by atomic mass is 10.1. The van der Waals surface area contributed by atoms with Gasteiger partial charge in [-0.05, 0) is 48.6 Å². The summed E-state index contributed by atoms with van der Waals surface area (Å²) >= 11 is 0. The van der Waals surface area contributed by atoms with E-state index in [4.69, 9.17) is 9.47 Å². The molecule has 0 fully saturated rings. The first-order chi connectivity index (χ1) is 11.7. The van der Waals surface area contributed by atoms with Crippen LogP contribution in [0, 0.1) is 0 Å². The Morgan fingerprint density at radius 1 is 1.12 bits per heavy atom. The maximum absolute atomic E-state index is 5.93. The van der Waals surface area contributed by atoms with Gasteiger partial charge in [-0.15, -0.1) is 0 Å².